The Bertz CT molecular complexity index is 4510. The molecule has 4 N–H and O–H groups in total. The predicted octanol–water partition coefficient (Wildman–Crippen LogP) is 19.6. The third-order valence-electron chi connectivity index (χ3n) is 24.1. The van der Waals surface area contributed by atoms with Gasteiger partial charge >= 0.3 is 48.3 Å². The molecule has 752 valence electrons. The maximum atomic E-state index is 12.5. The summed E-state index contributed by atoms with van der Waals surface area (Å²) in [6.07, 6.45) is 18.2. The monoisotopic (exact) mass is 2070 g/mol. The van der Waals surface area contributed by atoms with E-state index in [1.54, 1.807) is 32.9 Å². The number of benzene rings is 4. The van der Waals surface area contributed by atoms with Crippen LogP contribution in [0.25, 0.3) is 0 Å². The van der Waals surface area contributed by atoms with E-state index in [0.717, 1.165) is 215 Å². The SMILES string of the molecule is C#CCO.C1COCCN1.CCN(c1cc(Br)cc(C(=O)OC)c1C)C1CCC(N(C)C(=O)OC(C)(C)C)CC1.CCN(c1cc(Br)cc(C(=O)OC)c1C)C1CCC(NC(=O)OC(C)(C)C)CC1.CCN(c1cc(C#CCBr)cc(C(=O)OC)c1C)C1CCC(N(C)C(=O)OC(C)(C)C)CC1.CCN(c1cc(C#CCO)cc(C(=O)OC)c1C)C1CCC(N(C)C(=O)OC(C)(C)C)CC1. The van der Waals surface area contributed by atoms with E-state index in [0.29, 0.717) is 51.3 Å². The van der Waals surface area contributed by atoms with Gasteiger partial charge in [-0.2, -0.15) is 0 Å². The number of amides is 4. The first-order chi connectivity index (χ1) is 63.5. The summed E-state index contributed by atoms with van der Waals surface area (Å²) in [5, 5.41) is 23.5. The van der Waals surface area contributed by atoms with Crippen LogP contribution in [0, 0.1) is 63.7 Å². The van der Waals surface area contributed by atoms with Gasteiger partial charge in [-0.3, -0.25) is 0 Å². The van der Waals surface area contributed by atoms with E-state index >= 15 is 0 Å². The second kappa shape index (κ2) is 57.4. The van der Waals surface area contributed by atoms with Crippen molar-refractivity contribution >= 4 is 119 Å². The number of nitrogens with one attached hydrogen (secondary N) is 2. The topological polar surface area (TPSA) is 307 Å². The van der Waals surface area contributed by atoms with Gasteiger partial charge in [0, 0.05) is 152 Å². The molecule has 135 heavy (non-hydrogen) atoms. The minimum absolute atomic E-state index is 0.133. The lowest BCUT2D eigenvalue weighted by Gasteiger charge is -2.41. The zero-order valence-electron chi connectivity index (χ0n) is 85.5. The molecule has 0 atom stereocenters. The van der Waals surface area contributed by atoms with Gasteiger partial charge in [0.1, 0.15) is 35.6 Å². The van der Waals surface area contributed by atoms with Crippen molar-refractivity contribution in [3.63, 3.8) is 0 Å². The fourth-order valence-electron chi connectivity index (χ4n) is 17.4. The van der Waals surface area contributed by atoms with Gasteiger partial charge in [-0.25, -0.2) is 38.4 Å². The van der Waals surface area contributed by atoms with Crippen LogP contribution in [0.2, 0.25) is 0 Å². The molecule has 0 radical (unpaired) electrons. The average Bonchev–Trinajstić information content (AvgIpc) is 0.797. The van der Waals surface area contributed by atoms with Crippen LogP contribution < -0.4 is 30.2 Å². The van der Waals surface area contributed by atoms with Crippen LogP contribution in [0.5, 0.6) is 0 Å². The minimum atomic E-state index is -0.514. The number of ether oxygens (including phenoxy) is 9. The number of nitrogens with zero attached hydrogens (tertiary/aromatic N) is 7. The lowest BCUT2D eigenvalue weighted by Crippen LogP contribution is -2.46. The van der Waals surface area contributed by atoms with Gasteiger partial charge in [-0.05, 0) is 312 Å². The number of halogens is 3. The Morgan fingerprint density at radius 1 is 0.415 bits per heavy atom. The van der Waals surface area contributed by atoms with Crippen LogP contribution in [-0.4, -0.2) is 265 Å². The highest BCUT2D eigenvalue weighted by Crippen LogP contribution is 2.40. The van der Waals surface area contributed by atoms with Crippen molar-refractivity contribution < 1.29 is 91.2 Å². The highest BCUT2D eigenvalue weighted by atomic mass is 79.9. The molecular formula is C104H156Br3N9O19. The van der Waals surface area contributed by atoms with Crippen molar-refractivity contribution in [1.82, 2.24) is 25.3 Å². The number of aliphatic hydroxyl groups is 2. The number of hydrogen-bond donors (Lipinski definition) is 4. The average molecular weight is 2080 g/mol. The first-order valence-electron chi connectivity index (χ1n) is 47.1. The summed E-state index contributed by atoms with van der Waals surface area (Å²) in [6.45, 7) is 45.6. The van der Waals surface area contributed by atoms with E-state index in [4.69, 9.17) is 52.8 Å². The lowest BCUT2D eigenvalue weighted by molar-refractivity contribution is 0.0173. The fourth-order valence-corrected chi connectivity index (χ4v) is 18.4. The molecule has 0 spiro atoms. The van der Waals surface area contributed by atoms with Crippen LogP contribution in [0.1, 0.15) is 288 Å². The summed E-state index contributed by atoms with van der Waals surface area (Å²) in [5.74, 6) is 12.3. The summed E-state index contributed by atoms with van der Waals surface area (Å²) in [4.78, 5) is 113. The van der Waals surface area contributed by atoms with Gasteiger partial charge in [0.05, 0.1) is 69.2 Å². The fraction of sp³-hybridized carbons (Fsp3) is 0.635. The largest absolute Gasteiger partial charge is 0.465 e. The smallest absolute Gasteiger partial charge is 0.410 e. The number of carbonyl (C=O) groups excluding carboxylic acids is 8. The molecule has 1 aliphatic heterocycles. The van der Waals surface area contributed by atoms with E-state index < -0.39 is 28.4 Å². The Labute approximate surface area is 831 Å². The molecule has 1 heterocycles. The Morgan fingerprint density at radius 2 is 0.674 bits per heavy atom. The minimum Gasteiger partial charge on any atom is -0.465 e. The molecule has 4 aliphatic carbocycles. The maximum Gasteiger partial charge on any atom is 0.410 e. The summed E-state index contributed by atoms with van der Waals surface area (Å²) in [7, 11) is 11.0. The lowest BCUT2D eigenvalue weighted by atomic mass is 9.88. The molecule has 28 nitrogen and oxygen atoms in total. The molecule has 9 rings (SSSR count). The van der Waals surface area contributed by atoms with E-state index in [1.165, 1.54) is 28.4 Å². The molecular weight excluding hydrogens is 1920 g/mol. The molecule has 0 aromatic heterocycles. The Balaban J connectivity index is 0.000000363. The van der Waals surface area contributed by atoms with Crippen LogP contribution in [0.4, 0.5) is 41.9 Å². The predicted molar refractivity (Wildman–Crippen MR) is 547 cm³/mol. The van der Waals surface area contributed by atoms with Crippen molar-refractivity contribution in [2.24, 2.45) is 0 Å². The van der Waals surface area contributed by atoms with E-state index in [-0.39, 0.29) is 85.7 Å². The van der Waals surface area contributed by atoms with Gasteiger partial charge in [-0.1, -0.05) is 77.4 Å². The van der Waals surface area contributed by atoms with Crippen LogP contribution in [-0.2, 0) is 42.6 Å². The zero-order chi connectivity index (χ0) is 102. The number of esters is 4. The summed E-state index contributed by atoms with van der Waals surface area (Å²) in [5.41, 5.74) is 9.34. The second-order valence-corrected chi connectivity index (χ2v) is 40.5. The number of rotatable bonds is 20. The normalized spacial score (nSPS) is 18.5. The molecule has 0 bridgehead atoms. The number of morpholine rings is 1. The Kier molecular flexibility index (Phi) is 50.3. The second-order valence-electron chi connectivity index (χ2n) is 38.1. The molecule has 4 saturated carbocycles. The highest BCUT2D eigenvalue weighted by molar-refractivity contribution is 9.10. The van der Waals surface area contributed by atoms with Crippen molar-refractivity contribution in [2.75, 3.05) is 140 Å². The molecule has 5 aliphatic rings. The van der Waals surface area contributed by atoms with Gasteiger partial charge in [-0.15, -0.1) is 6.42 Å². The zero-order valence-corrected chi connectivity index (χ0v) is 90.3. The standard InChI is InChI=1S/C26H37BrN2O4.C26H38N2O5.C23H35BrN2O4.C22H33BrN2O4.C4H9NO.C3H4O/c1-8-29(21-13-11-20(12-14-21)28(6)25(31)33-26(3,4)5)23-17-19(10-9-15-27)16-22(18(23)2)24(30)32-7;1-8-28(21-13-11-20(12-14-21)27(6)25(31)33-26(3,4)5)23-17-19(10-9-15-29)16-22(18(23)2)24(30)32-7;1-8-26(20-14-16(24)13-19(15(20)2)21(27)29-7)18-11-9-17(10-12-18)25(6)22(28)30-23(3,4)5;1-7-25(19-13-15(23)12-18(14(19)2)20(26)28-6)17-10-8-16(9-11-17)24-21(27)29-22(3,4)5;1-3-6-4-2-5-1;1-2-3-4/h16-17,20-21H,8,11-15H2,1-7H3;16-17,20-21,29H,8,11-15H2,1-7H3;13-14,17-18H,8-12H2,1-7H3;12-13,16-17H,7-11H2,1-6H3,(H,24,27);5H,1-4H2;1,4H,3H2. The molecule has 1 saturated heterocycles. The van der Waals surface area contributed by atoms with Crippen LogP contribution in [0.15, 0.2) is 57.5 Å². The number of alkyl halides is 1. The van der Waals surface area contributed by atoms with E-state index in [9.17, 15) is 38.4 Å². The van der Waals surface area contributed by atoms with Crippen LogP contribution in [0.3, 0.4) is 0 Å². The first-order valence-corrected chi connectivity index (χ1v) is 49.8. The van der Waals surface area contributed by atoms with Gasteiger partial charge in [0.2, 0.25) is 0 Å². The molecule has 4 aromatic carbocycles. The number of hydrogen-bond acceptors (Lipinski definition) is 24. The van der Waals surface area contributed by atoms with Crippen molar-refractivity contribution in [3.05, 3.63) is 113 Å². The number of terminal acetylenes is 1. The number of methoxy groups -OCH3 is 4. The van der Waals surface area contributed by atoms with E-state index in [2.05, 4.69) is 154 Å². The summed E-state index contributed by atoms with van der Waals surface area (Å²) >= 11 is 10.4. The highest BCUT2D eigenvalue weighted by Gasteiger charge is 2.38. The molecule has 31 heteroatoms. The number of aliphatic hydroxyl groups excluding tert-OH is 2. The molecule has 0 unspecified atom stereocenters. The number of anilines is 4. The summed E-state index contributed by atoms with van der Waals surface area (Å²) < 4.78 is 48.6. The van der Waals surface area contributed by atoms with Gasteiger partial charge in [0.15, 0.2) is 0 Å². The molecule has 5 fully saturated rings. The third-order valence-corrected chi connectivity index (χ3v) is 25.3. The number of carbonyl (C=O) groups is 8. The van der Waals surface area contributed by atoms with Gasteiger partial charge in [0.25, 0.3) is 0 Å². The molecule has 4 amide bonds. The van der Waals surface area contributed by atoms with Gasteiger partial charge < -0.3 is 97.8 Å². The number of alkyl carbamates (subject to hydrolysis) is 1. The Hall–Kier alpha value is -9.00. The Morgan fingerprint density at radius 3 is 0.904 bits per heavy atom. The van der Waals surface area contributed by atoms with E-state index in [1.807, 2.05) is 150 Å². The summed E-state index contributed by atoms with van der Waals surface area (Å²) in [6, 6.07) is 17.3. The van der Waals surface area contributed by atoms with Crippen molar-refractivity contribution in [3.8, 4) is 36.0 Å². The van der Waals surface area contributed by atoms with Crippen molar-refractivity contribution in [1.29, 1.82) is 0 Å². The first kappa shape index (κ1) is 118. The molecule has 4 aromatic rings. The van der Waals surface area contributed by atoms with Crippen molar-refractivity contribution in [2.45, 2.75) is 312 Å². The van der Waals surface area contributed by atoms with Crippen LogP contribution >= 0.6 is 47.8 Å². The third kappa shape index (κ3) is 38.4. The quantitative estimate of drug-likeness (QED) is 0.0276. The maximum absolute atomic E-state index is 12.5.